The maximum absolute atomic E-state index is 3.74. The molecule has 70 valence electrons. The van der Waals surface area contributed by atoms with Gasteiger partial charge in [-0.2, -0.15) is 0 Å². The van der Waals surface area contributed by atoms with Gasteiger partial charge in [0, 0.05) is 12.6 Å². The van der Waals surface area contributed by atoms with Gasteiger partial charge in [0.15, 0.2) is 0 Å². The van der Waals surface area contributed by atoms with E-state index in [0.29, 0.717) is 6.04 Å². The molecule has 0 radical (unpaired) electrons. The zero-order valence-electron chi connectivity index (χ0n) is 8.40. The summed E-state index contributed by atoms with van der Waals surface area (Å²) in [5, 5.41) is 0. The van der Waals surface area contributed by atoms with Crippen molar-refractivity contribution in [1.82, 2.24) is 4.90 Å². The molecule has 0 aliphatic heterocycles. The van der Waals surface area contributed by atoms with Gasteiger partial charge in [-0.25, -0.2) is 0 Å². The number of likely N-dealkylation sites (N-methyl/N-ethyl adjacent to an activating group) is 1. The van der Waals surface area contributed by atoms with Crippen LogP contribution in [0.3, 0.4) is 0 Å². The van der Waals surface area contributed by atoms with Crippen LogP contribution in [-0.4, -0.2) is 18.5 Å². The average Bonchev–Trinajstić information content (AvgIpc) is 2.18. The smallest absolute Gasteiger partial charge is 0.0320 e. The topological polar surface area (TPSA) is 3.24 Å². The molecular formula is C12H17N. The summed E-state index contributed by atoms with van der Waals surface area (Å²) in [7, 11) is 2.11. The second-order valence-electron chi connectivity index (χ2n) is 3.31. The van der Waals surface area contributed by atoms with E-state index in [1.807, 2.05) is 12.1 Å². The minimum atomic E-state index is 0.458. The van der Waals surface area contributed by atoms with Crippen molar-refractivity contribution in [3.63, 3.8) is 0 Å². The molecule has 1 heteroatoms. The first-order valence-corrected chi connectivity index (χ1v) is 4.61. The largest absolute Gasteiger partial charge is 0.296 e. The Hall–Kier alpha value is -1.08. The Bertz CT molecular complexity index is 253. The highest BCUT2D eigenvalue weighted by Crippen LogP contribution is 2.17. The molecule has 0 heterocycles. The first-order valence-electron chi connectivity index (χ1n) is 4.61. The lowest BCUT2D eigenvalue weighted by atomic mass is 10.1. The first-order chi connectivity index (χ1) is 6.25. The van der Waals surface area contributed by atoms with Gasteiger partial charge in [0.2, 0.25) is 0 Å². The van der Waals surface area contributed by atoms with Crippen molar-refractivity contribution in [2.45, 2.75) is 13.0 Å². The molecule has 0 spiro atoms. The van der Waals surface area contributed by atoms with E-state index >= 15 is 0 Å². The molecule has 0 fully saturated rings. The van der Waals surface area contributed by atoms with Gasteiger partial charge in [-0.1, -0.05) is 36.4 Å². The summed E-state index contributed by atoms with van der Waals surface area (Å²) in [5.41, 5.74) is 1.35. The van der Waals surface area contributed by atoms with Crippen molar-refractivity contribution in [3.05, 3.63) is 48.6 Å². The molecule has 1 aromatic carbocycles. The Morgan fingerprint density at radius 1 is 1.38 bits per heavy atom. The van der Waals surface area contributed by atoms with E-state index < -0.39 is 0 Å². The molecule has 1 aromatic rings. The third kappa shape index (κ3) is 2.71. The zero-order chi connectivity index (χ0) is 9.68. The second kappa shape index (κ2) is 4.83. The molecule has 0 aliphatic carbocycles. The van der Waals surface area contributed by atoms with Crippen LogP contribution < -0.4 is 0 Å². The van der Waals surface area contributed by atoms with E-state index in [-0.39, 0.29) is 0 Å². The molecule has 0 aliphatic rings. The minimum Gasteiger partial charge on any atom is -0.296 e. The standard InChI is InChI=1S/C12H17N/c1-4-10-13(3)11(2)12-8-6-5-7-9-12/h4-9,11H,1,10H2,2-3H3. The normalized spacial score (nSPS) is 12.8. The van der Waals surface area contributed by atoms with Gasteiger partial charge in [-0.05, 0) is 19.5 Å². The Kier molecular flexibility index (Phi) is 3.71. The molecule has 1 unspecified atom stereocenters. The fourth-order valence-electron chi connectivity index (χ4n) is 1.35. The molecular weight excluding hydrogens is 158 g/mol. The van der Waals surface area contributed by atoms with Gasteiger partial charge in [0.1, 0.15) is 0 Å². The van der Waals surface area contributed by atoms with Crippen LogP contribution in [0.1, 0.15) is 18.5 Å². The van der Waals surface area contributed by atoms with Gasteiger partial charge in [0.05, 0.1) is 0 Å². The fourth-order valence-corrected chi connectivity index (χ4v) is 1.35. The third-order valence-corrected chi connectivity index (χ3v) is 2.36. The summed E-state index contributed by atoms with van der Waals surface area (Å²) in [4.78, 5) is 2.27. The van der Waals surface area contributed by atoms with Crippen molar-refractivity contribution in [2.75, 3.05) is 13.6 Å². The quantitative estimate of drug-likeness (QED) is 0.636. The number of hydrogen-bond acceptors (Lipinski definition) is 1. The highest BCUT2D eigenvalue weighted by Gasteiger charge is 2.08. The monoisotopic (exact) mass is 175 g/mol. The summed E-state index contributed by atoms with van der Waals surface area (Å²) in [6, 6.07) is 11.0. The molecule has 13 heavy (non-hydrogen) atoms. The van der Waals surface area contributed by atoms with Crippen LogP contribution >= 0.6 is 0 Å². The molecule has 0 saturated heterocycles. The molecule has 0 N–H and O–H groups in total. The van der Waals surface area contributed by atoms with Gasteiger partial charge < -0.3 is 0 Å². The van der Waals surface area contributed by atoms with E-state index in [1.165, 1.54) is 5.56 Å². The van der Waals surface area contributed by atoms with Crippen LogP contribution in [0.5, 0.6) is 0 Å². The van der Waals surface area contributed by atoms with Crippen molar-refractivity contribution in [1.29, 1.82) is 0 Å². The van der Waals surface area contributed by atoms with Gasteiger partial charge in [-0.15, -0.1) is 6.58 Å². The summed E-state index contributed by atoms with van der Waals surface area (Å²) in [6.07, 6.45) is 1.93. The molecule has 1 rings (SSSR count). The first kappa shape index (κ1) is 10.0. The SMILES string of the molecule is C=CCN(C)C(C)c1ccccc1. The number of benzene rings is 1. The lowest BCUT2D eigenvalue weighted by Gasteiger charge is -2.23. The van der Waals surface area contributed by atoms with E-state index in [2.05, 4.69) is 49.7 Å². The highest BCUT2D eigenvalue weighted by molar-refractivity contribution is 5.18. The van der Waals surface area contributed by atoms with E-state index in [9.17, 15) is 0 Å². The van der Waals surface area contributed by atoms with Crippen LogP contribution in [0.25, 0.3) is 0 Å². The Morgan fingerprint density at radius 2 is 2.00 bits per heavy atom. The predicted molar refractivity (Wildman–Crippen MR) is 57.7 cm³/mol. The van der Waals surface area contributed by atoms with Crippen molar-refractivity contribution in [2.24, 2.45) is 0 Å². The zero-order valence-corrected chi connectivity index (χ0v) is 8.40. The van der Waals surface area contributed by atoms with Gasteiger partial charge in [-0.3, -0.25) is 4.90 Å². The maximum atomic E-state index is 3.74. The van der Waals surface area contributed by atoms with E-state index in [1.54, 1.807) is 0 Å². The summed E-state index contributed by atoms with van der Waals surface area (Å²) in [5.74, 6) is 0. The Morgan fingerprint density at radius 3 is 2.54 bits per heavy atom. The Labute approximate surface area is 80.7 Å². The molecule has 1 atom stereocenters. The highest BCUT2D eigenvalue weighted by atomic mass is 15.1. The second-order valence-corrected chi connectivity index (χ2v) is 3.31. The molecule has 0 aromatic heterocycles. The molecule has 1 nitrogen and oxygen atoms in total. The van der Waals surface area contributed by atoms with Crippen LogP contribution in [0.15, 0.2) is 43.0 Å². The van der Waals surface area contributed by atoms with E-state index in [0.717, 1.165) is 6.54 Å². The summed E-state index contributed by atoms with van der Waals surface area (Å²) < 4.78 is 0. The molecule has 0 bridgehead atoms. The van der Waals surface area contributed by atoms with Gasteiger partial charge in [0.25, 0.3) is 0 Å². The number of nitrogens with zero attached hydrogens (tertiary/aromatic N) is 1. The lowest BCUT2D eigenvalue weighted by Crippen LogP contribution is -2.22. The van der Waals surface area contributed by atoms with Gasteiger partial charge >= 0.3 is 0 Å². The third-order valence-electron chi connectivity index (χ3n) is 2.36. The minimum absolute atomic E-state index is 0.458. The lowest BCUT2D eigenvalue weighted by molar-refractivity contribution is 0.290. The number of rotatable bonds is 4. The fraction of sp³-hybridized carbons (Fsp3) is 0.333. The molecule has 0 saturated carbocycles. The van der Waals surface area contributed by atoms with Crippen LogP contribution in [-0.2, 0) is 0 Å². The van der Waals surface area contributed by atoms with Crippen LogP contribution in [0, 0.1) is 0 Å². The van der Waals surface area contributed by atoms with Crippen LogP contribution in [0.2, 0.25) is 0 Å². The maximum Gasteiger partial charge on any atom is 0.0320 e. The Balaban J connectivity index is 2.67. The average molecular weight is 175 g/mol. The van der Waals surface area contributed by atoms with Crippen LogP contribution in [0.4, 0.5) is 0 Å². The van der Waals surface area contributed by atoms with Crippen molar-refractivity contribution in [3.8, 4) is 0 Å². The summed E-state index contributed by atoms with van der Waals surface area (Å²) in [6.45, 7) is 6.87. The summed E-state index contributed by atoms with van der Waals surface area (Å²) >= 11 is 0. The van der Waals surface area contributed by atoms with Crippen molar-refractivity contribution < 1.29 is 0 Å². The van der Waals surface area contributed by atoms with E-state index in [4.69, 9.17) is 0 Å². The molecule has 0 amide bonds. The number of hydrogen-bond donors (Lipinski definition) is 0. The van der Waals surface area contributed by atoms with Crippen molar-refractivity contribution >= 4 is 0 Å². The predicted octanol–water partition coefficient (Wildman–Crippen LogP) is 2.87.